The van der Waals surface area contributed by atoms with Crippen molar-refractivity contribution in [2.75, 3.05) is 6.61 Å². The van der Waals surface area contributed by atoms with Crippen molar-refractivity contribution in [1.82, 2.24) is 10.2 Å². The first kappa shape index (κ1) is 26.3. The van der Waals surface area contributed by atoms with Crippen molar-refractivity contribution in [2.45, 2.75) is 45.8 Å². The summed E-state index contributed by atoms with van der Waals surface area (Å²) in [7, 11) is 0. The molecule has 34 heavy (non-hydrogen) atoms. The topological polar surface area (TPSA) is 58.6 Å². The lowest BCUT2D eigenvalue weighted by Crippen LogP contribution is -2.53. The maximum absolute atomic E-state index is 13.3. The van der Waals surface area contributed by atoms with Crippen molar-refractivity contribution < 1.29 is 14.3 Å². The lowest BCUT2D eigenvalue weighted by molar-refractivity contribution is -0.142. The van der Waals surface area contributed by atoms with E-state index in [1.807, 2.05) is 57.2 Å². The Morgan fingerprint density at radius 2 is 1.79 bits per heavy atom. The molecule has 0 aliphatic carbocycles. The second kappa shape index (κ2) is 11.0. The molecule has 0 radical (unpaired) electrons. The van der Waals surface area contributed by atoms with Crippen LogP contribution in [-0.2, 0) is 16.1 Å². The zero-order chi connectivity index (χ0) is 25.0. The average molecular weight is 566 g/mol. The molecule has 0 aromatic heterocycles. The largest absolute Gasteiger partial charge is 0.483 e. The number of nitrogens with zero attached hydrogens (tertiary/aromatic N) is 1. The Balaban J connectivity index is 1.83. The number of carbonyl (C=O) groups excluding carboxylic acids is 2. The fourth-order valence-electron chi connectivity index (χ4n) is 3.44. The Hall–Kier alpha value is -2.28. The van der Waals surface area contributed by atoms with Gasteiger partial charge in [0, 0.05) is 22.1 Å². The number of rotatable bonds is 7. The first-order valence-electron chi connectivity index (χ1n) is 10.8. The molecule has 180 valence electrons. The van der Waals surface area contributed by atoms with Crippen LogP contribution >= 0.6 is 39.1 Å². The van der Waals surface area contributed by atoms with Crippen LogP contribution in [0.1, 0.15) is 33.3 Å². The first-order chi connectivity index (χ1) is 16.0. The monoisotopic (exact) mass is 564 g/mol. The Kier molecular flexibility index (Phi) is 8.50. The molecule has 3 rings (SSSR count). The molecule has 3 aromatic rings. The molecule has 0 saturated heterocycles. The van der Waals surface area contributed by atoms with Crippen molar-refractivity contribution in [3.63, 3.8) is 0 Å². The maximum atomic E-state index is 13.3. The number of nitrogens with one attached hydrogen (secondary N) is 1. The molecule has 1 atom stereocenters. The van der Waals surface area contributed by atoms with Crippen molar-refractivity contribution >= 4 is 61.7 Å². The van der Waals surface area contributed by atoms with E-state index in [2.05, 4.69) is 21.2 Å². The van der Waals surface area contributed by atoms with Gasteiger partial charge in [-0.15, -0.1) is 0 Å². The highest BCUT2D eigenvalue weighted by atomic mass is 79.9. The Morgan fingerprint density at radius 3 is 2.47 bits per heavy atom. The molecular weight excluding hydrogens is 539 g/mol. The van der Waals surface area contributed by atoms with E-state index < -0.39 is 11.6 Å². The maximum Gasteiger partial charge on any atom is 0.261 e. The molecule has 0 heterocycles. The smallest absolute Gasteiger partial charge is 0.261 e. The number of hydrogen-bond acceptors (Lipinski definition) is 3. The van der Waals surface area contributed by atoms with Gasteiger partial charge in [0.25, 0.3) is 5.91 Å². The number of halogens is 3. The predicted molar refractivity (Wildman–Crippen MR) is 142 cm³/mol. The third-order valence-electron chi connectivity index (χ3n) is 5.20. The zero-order valence-corrected chi connectivity index (χ0v) is 22.6. The van der Waals surface area contributed by atoms with Gasteiger partial charge in [-0.1, -0.05) is 59.6 Å². The van der Waals surface area contributed by atoms with Gasteiger partial charge >= 0.3 is 0 Å². The Bertz CT molecular complexity index is 1210. The van der Waals surface area contributed by atoms with Crippen LogP contribution in [0, 0.1) is 0 Å². The van der Waals surface area contributed by atoms with E-state index in [-0.39, 0.29) is 25.0 Å². The SMILES string of the molecule is CC(C(=O)NC(C)(C)C)N(Cc1ccc(Cl)cc1Cl)C(=O)COc1ccc2ccccc2c1Br. The van der Waals surface area contributed by atoms with Gasteiger partial charge in [0.2, 0.25) is 5.91 Å². The molecule has 0 aliphatic heterocycles. The van der Waals surface area contributed by atoms with Crippen LogP contribution in [0.2, 0.25) is 10.0 Å². The van der Waals surface area contributed by atoms with Crippen LogP contribution in [0.5, 0.6) is 5.75 Å². The van der Waals surface area contributed by atoms with Gasteiger partial charge in [0.05, 0.1) is 4.47 Å². The van der Waals surface area contributed by atoms with Gasteiger partial charge in [0.15, 0.2) is 6.61 Å². The summed E-state index contributed by atoms with van der Waals surface area (Å²) < 4.78 is 6.65. The molecule has 8 heteroatoms. The minimum atomic E-state index is -0.748. The van der Waals surface area contributed by atoms with E-state index in [1.54, 1.807) is 25.1 Å². The first-order valence-corrected chi connectivity index (χ1v) is 12.4. The highest BCUT2D eigenvalue weighted by molar-refractivity contribution is 9.10. The molecule has 0 aliphatic rings. The predicted octanol–water partition coefficient (Wildman–Crippen LogP) is 6.62. The van der Waals surface area contributed by atoms with Crippen LogP contribution < -0.4 is 10.1 Å². The summed E-state index contributed by atoms with van der Waals surface area (Å²) >= 11 is 16.0. The molecule has 0 spiro atoms. The number of fused-ring (bicyclic) bond motifs is 1. The van der Waals surface area contributed by atoms with Gasteiger partial charge < -0.3 is 15.0 Å². The minimum absolute atomic E-state index is 0.135. The normalized spacial score (nSPS) is 12.3. The number of benzene rings is 3. The molecule has 1 N–H and O–H groups in total. The molecule has 0 saturated carbocycles. The highest BCUT2D eigenvalue weighted by Gasteiger charge is 2.29. The van der Waals surface area contributed by atoms with Gasteiger partial charge in [-0.2, -0.15) is 0 Å². The van der Waals surface area contributed by atoms with Gasteiger partial charge in [-0.25, -0.2) is 0 Å². The molecule has 0 bridgehead atoms. The summed E-state index contributed by atoms with van der Waals surface area (Å²) in [4.78, 5) is 27.7. The Labute approximate surface area is 218 Å². The molecule has 1 unspecified atom stereocenters. The van der Waals surface area contributed by atoms with Gasteiger partial charge in [0.1, 0.15) is 11.8 Å². The zero-order valence-electron chi connectivity index (χ0n) is 19.5. The van der Waals surface area contributed by atoms with Crippen LogP contribution in [0.25, 0.3) is 10.8 Å². The average Bonchev–Trinajstić information content (AvgIpc) is 2.76. The van der Waals surface area contributed by atoms with Crippen molar-refractivity contribution in [3.05, 3.63) is 74.7 Å². The van der Waals surface area contributed by atoms with Crippen molar-refractivity contribution in [1.29, 1.82) is 0 Å². The molecular formula is C26H27BrCl2N2O3. The molecule has 2 amide bonds. The fraction of sp³-hybridized carbons (Fsp3) is 0.308. The summed E-state index contributed by atoms with van der Waals surface area (Å²) in [6, 6.07) is 15.9. The lowest BCUT2D eigenvalue weighted by Gasteiger charge is -2.31. The quantitative estimate of drug-likeness (QED) is 0.350. The van der Waals surface area contributed by atoms with E-state index in [0.29, 0.717) is 21.4 Å². The summed E-state index contributed by atoms with van der Waals surface area (Å²) in [6.45, 7) is 7.25. The lowest BCUT2D eigenvalue weighted by atomic mass is 10.1. The molecule has 5 nitrogen and oxygen atoms in total. The third kappa shape index (κ3) is 6.65. The summed E-state index contributed by atoms with van der Waals surface area (Å²) in [6.07, 6.45) is 0. The third-order valence-corrected chi connectivity index (χ3v) is 6.61. The van der Waals surface area contributed by atoms with Crippen molar-refractivity contribution in [3.8, 4) is 5.75 Å². The van der Waals surface area contributed by atoms with Gasteiger partial charge in [-0.3, -0.25) is 9.59 Å². The van der Waals surface area contributed by atoms with Gasteiger partial charge in [-0.05, 0) is 78.2 Å². The van der Waals surface area contributed by atoms with Crippen molar-refractivity contribution in [2.24, 2.45) is 0 Å². The summed E-state index contributed by atoms with van der Waals surface area (Å²) in [5, 5.41) is 5.89. The molecule has 0 fully saturated rings. The minimum Gasteiger partial charge on any atom is -0.483 e. The summed E-state index contributed by atoms with van der Waals surface area (Å²) in [5.41, 5.74) is 0.242. The van der Waals surface area contributed by atoms with E-state index >= 15 is 0 Å². The standard InChI is InChI=1S/C26H27BrCl2N2O3/c1-16(25(33)30-26(2,3)4)31(14-18-9-11-19(28)13-21(18)29)23(32)15-34-22-12-10-17-7-5-6-8-20(17)24(22)27/h5-13,16H,14-15H2,1-4H3,(H,30,33). The molecule has 3 aromatic carbocycles. The van der Waals surface area contributed by atoms with E-state index in [9.17, 15) is 9.59 Å². The highest BCUT2D eigenvalue weighted by Crippen LogP contribution is 2.33. The van der Waals surface area contributed by atoms with Crippen LogP contribution in [0.15, 0.2) is 59.1 Å². The fourth-order valence-corrected chi connectivity index (χ4v) is 4.51. The number of amides is 2. The van der Waals surface area contributed by atoms with Crippen LogP contribution in [0.4, 0.5) is 0 Å². The number of carbonyl (C=O) groups is 2. The summed E-state index contributed by atoms with van der Waals surface area (Å²) in [5.74, 6) is -0.0659. The van der Waals surface area contributed by atoms with E-state index in [1.165, 1.54) is 4.90 Å². The Morgan fingerprint density at radius 1 is 1.09 bits per heavy atom. The number of hydrogen-bond donors (Lipinski definition) is 1. The second-order valence-corrected chi connectivity index (χ2v) is 10.7. The van der Waals surface area contributed by atoms with E-state index in [4.69, 9.17) is 27.9 Å². The van der Waals surface area contributed by atoms with Crippen LogP contribution in [-0.4, -0.2) is 34.9 Å². The number of ether oxygens (including phenoxy) is 1. The van der Waals surface area contributed by atoms with E-state index in [0.717, 1.165) is 15.2 Å². The van der Waals surface area contributed by atoms with Crippen LogP contribution in [0.3, 0.4) is 0 Å². The second-order valence-electron chi connectivity index (χ2n) is 9.06.